The van der Waals surface area contributed by atoms with Gasteiger partial charge in [0.05, 0.1) is 11.0 Å². The predicted octanol–water partition coefficient (Wildman–Crippen LogP) is 16.1. The van der Waals surface area contributed by atoms with Crippen molar-refractivity contribution in [3.63, 3.8) is 0 Å². The van der Waals surface area contributed by atoms with Gasteiger partial charge in [-0.15, -0.1) is 11.3 Å². The van der Waals surface area contributed by atoms with Crippen LogP contribution in [-0.4, -0.2) is 11.3 Å². The van der Waals surface area contributed by atoms with Gasteiger partial charge in [0.25, 0.3) is 6.71 Å². The summed E-state index contributed by atoms with van der Waals surface area (Å²) in [6, 6.07) is 57.8. The first-order valence-corrected chi connectivity index (χ1v) is 25.8. The normalized spacial score (nSPS) is 15.7. The van der Waals surface area contributed by atoms with Gasteiger partial charge in [-0.25, -0.2) is 0 Å². The van der Waals surface area contributed by atoms with Crippen LogP contribution in [0.2, 0.25) is 0 Å². The molecular weight excluding hydrogens is 882 g/mol. The van der Waals surface area contributed by atoms with Gasteiger partial charge < -0.3 is 18.1 Å². The number of para-hydroxylation sites is 4. The Labute approximate surface area is 406 Å². The molecule has 0 unspecified atom stereocenters. The molecule has 0 saturated carbocycles. The summed E-state index contributed by atoms with van der Waals surface area (Å²) in [7, 11) is 0. The molecule has 0 amide bonds. The van der Waals surface area contributed by atoms with Crippen molar-refractivity contribution in [3.8, 4) is 28.3 Å². The van der Waals surface area contributed by atoms with E-state index in [-0.39, 0.29) is 17.5 Å². The van der Waals surface area contributed by atoms with Crippen LogP contribution in [0.3, 0.4) is 0 Å². The minimum atomic E-state index is -0.257. The molecular formula is C62H42BNO3S2. The third kappa shape index (κ3) is 4.97. The van der Waals surface area contributed by atoms with Crippen molar-refractivity contribution in [3.05, 3.63) is 169 Å². The highest BCUT2D eigenvalue weighted by atomic mass is 32.2. The van der Waals surface area contributed by atoms with Crippen LogP contribution in [0, 0.1) is 0 Å². The van der Waals surface area contributed by atoms with Crippen molar-refractivity contribution in [2.75, 3.05) is 0 Å². The second kappa shape index (κ2) is 13.3. The zero-order valence-corrected chi connectivity index (χ0v) is 40.1. The number of furan rings is 2. The highest BCUT2D eigenvalue weighted by Crippen LogP contribution is 2.55. The van der Waals surface area contributed by atoms with Crippen molar-refractivity contribution >= 4 is 132 Å². The van der Waals surface area contributed by atoms with Crippen LogP contribution in [0.25, 0.3) is 103 Å². The maximum absolute atomic E-state index is 7.62. The van der Waals surface area contributed by atoms with Gasteiger partial charge in [-0.3, -0.25) is 0 Å². The molecule has 69 heavy (non-hydrogen) atoms. The van der Waals surface area contributed by atoms with E-state index in [0.29, 0.717) is 0 Å². The minimum absolute atomic E-state index is 0.00673. The zero-order valence-electron chi connectivity index (χ0n) is 38.5. The Balaban J connectivity index is 1.13. The van der Waals surface area contributed by atoms with Crippen LogP contribution in [0.15, 0.2) is 176 Å². The van der Waals surface area contributed by atoms with E-state index in [0.717, 1.165) is 79.4 Å². The highest BCUT2D eigenvalue weighted by molar-refractivity contribution is 8.00. The summed E-state index contributed by atoms with van der Waals surface area (Å²) < 4.78 is 27.1. The lowest BCUT2D eigenvalue weighted by atomic mass is 9.35. The van der Waals surface area contributed by atoms with Gasteiger partial charge in [-0.05, 0) is 105 Å². The topological polar surface area (TPSA) is 40.4 Å². The Hall–Kier alpha value is -7.19. The molecule has 4 aromatic heterocycles. The minimum Gasteiger partial charge on any atom is -0.456 e. The van der Waals surface area contributed by atoms with Crippen molar-refractivity contribution in [2.24, 2.45) is 0 Å². The van der Waals surface area contributed by atoms with E-state index in [9.17, 15) is 0 Å². The number of hydrogen-bond acceptors (Lipinski definition) is 5. The molecule has 1 aliphatic carbocycles. The average Bonchev–Trinajstić information content (AvgIpc) is 4.15. The number of rotatable bonds is 2. The Morgan fingerprint density at radius 2 is 1.23 bits per heavy atom. The first-order valence-electron chi connectivity index (χ1n) is 24.2. The predicted molar refractivity (Wildman–Crippen MR) is 291 cm³/mol. The number of ether oxygens (including phenoxy) is 1. The van der Waals surface area contributed by atoms with Crippen molar-refractivity contribution < 1.29 is 13.6 Å². The lowest BCUT2D eigenvalue weighted by Crippen LogP contribution is -2.58. The van der Waals surface area contributed by atoms with Gasteiger partial charge >= 0.3 is 0 Å². The summed E-state index contributed by atoms with van der Waals surface area (Å²) in [6.07, 6.45) is 2.28. The maximum atomic E-state index is 7.62. The SMILES string of the molecule is CC1(C)CCC(C)(C)c2c(-c3cc4c5c(c3)Sc3c(c6sc7ccccc7c6c6c7ccccc7n(-c7ccccc7)c36)B5c3c(c5oc6ccccc6c5c5c3oc3ccccc35)O4)cccc21. The van der Waals surface area contributed by atoms with Crippen LogP contribution in [0.5, 0.6) is 11.5 Å². The molecule has 6 heterocycles. The van der Waals surface area contributed by atoms with Crippen molar-refractivity contribution in [2.45, 2.75) is 61.2 Å². The van der Waals surface area contributed by atoms with E-state index in [1.807, 2.05) is 23.1 Å². The average molecular weight is 924 g/mol. The first-order chi connectivity index (χ1) is 33.7. The molecule has 2 aliphatic heterocycles. The van der Waals surface area contributed by atoms with E-state index >= 15 is 0 Å². The van der Waals surface area contributed by atoms with Crippen LogP contribution >= 0.6 is 23.1 Å². The molecule has 0 atom stereocenters. The van der Waals surface area contributed by atoms with Gasteiger partial charge in [0, 0.05) is 73.4 Å². The number of fused-ring (bicyclic) bond motifs is 23. The molecule has 7 heteroatoms. The third-order valence-corrected chi connectivity index (χ3v) is 18.5. The summed E-state index contributed by atoms with van der Waals surface area (Å²) in [5.41, 5.74) is 15.8. The molecule has 0 fully saturated rings. The molecule has 0 radical (unpaired) electrons. The molecule has 0 spiro atoms. The van der Waals surface area contributed by atoms with Gasteiger partial charge in [-0.1, -0.05) is 149 Å². The Kier molecular flexibility index (Phi) is 7.48. The number of nitrogens with zero attached hydrogens (tertiary/aromatic N) is 1. The van der Waals surface area contributed by atoms with Crippen LogP contribution in [0.1, 0.15) is 51.7 Å². The number of hydrogen-bond donors (Lipinski definition) is 0. The monoisotopic (exact) mass is 923 g/mol. The van der Waals surface area contributed by atoms with Gasteiger partial charge in [0.2, 0.25) is 0 Å². The number of aromatic nitrogens is 1. The Morgan fingerprint density at radius 1 is 0.565 bits per heavy atom. The van der Waals surface area contributed by atoms with E-state index in [1.165, 1.54) is 84.9 Å². The Morgan fingerprint density at radius 3 is 2.03 bits per heavy atom. The van der Waals surface area contributed by atoms with Gasteiger partial charge in [0.1, 0.15) is 22.5 Å². The standard InChI is InChI=1S/C62H42BNO3S2/c1-61(2)29-30-62(3,4)51-35(23-16-24-40(51)61)33-31-44-52-46(32-33)69-60-54(63(52)53-56-48(37-20-9-13-26-42(37)65-56)49-38-21-10-14-27-43(38)66-57(49)58(53)67-44)59-50(39-22-11-15-28-45(39)68-59)47-36-19-8-12-25-41(36)64(55(47)60)34-17-6-5-7-18-34/h5-28,31-32H,29-30H2,1-4H3. The molecule has 3 aliphatic rings. The zero-order chi connectivity index (χ0) is 45.7. The Bertz CT molecular complexity index is 4450. The number of benzene rings is 9. The van der Waals surface area contributed by atoms with Gasteiger partial charge in [-0.2, -0.15) is 0 Å². The second-order valence-electron chi connectivity index (χ2n) is 20.8. The lowest BCUT2D eigenvalue weighted by Gasteiger charge is -2.43. The molecule has 4 nitrogen and oxygen atoms in total. The molecule has 9 aromatic carbocycles. The maximum Gasteiger partial charge on any atom is 0.260 e. The molecule has 16 rings (SSSR count). The van der Waals surface area contributed by atoms with E-state index in [1.54, 1.807) is 0 Å². The molecule has 328 valence electrons. The fourth-order valence-corrected chi connectivity index (χ4v) is 15.7. The quantitative estimate of drug-likeness (QED) is 0.162. The fraction of sp³-hybridized carbons (Fsp3) is 0.129. The number of thiophene rings is 1. The molecule has 0 N–H and O–H groups in total. The van der Waals surface area contributed by atoms with Gasteiger partial charge in [0.15, 0.2) is 11.3 Å². The summed E-state index contributed by atoms with van der Waals surface area (Å²) in [5, 5.41) is 9.36. The molecule has 0 bridgehead atoms. The van der Waals surface area contributed by atoms with Crippen LogP contribution < -0.4 is 21.1 Å². The summed E-state index contributed by atoms with van der Waals surface area (Å²) in [5.74, 6) is 1.61. The van der Waals surface area contributed by atoms with E-state index in [2.05, 4.69) is 190 Å². The van der Waals surface area contributed by atoms with Crippen molar-refractivity contribution in [1.82, 2.24) is 4.57 Å². The second-order valence-corrected chi connectivity index (χ2v) is 22.9. The van der Waals surface area contributed by atoms with E-state index in [4.69, 9.17) is 13.6 Å². The van der Waals surface area contributed by atoms with Crippen LogP contribution in [-0.2, 0) is 10.8 Å². The highest BCUT2D eigenvalue weighted by Gasteiger charge is 2.47. The lowest BCUT2D eigenvalue weighted by molar-refractivity contribution is 0.333. The fourth-order valence-electron chi connectivity index (χ4n) is 13.0. The van der Waals surface area contributed by atoms with E-state index < -0.39 is 0 Å². The molecule has 13 aromatic rings. The van der Waals surface area contributed by atoms with Crippen molar-refractivity contribution in [1.29, 1.82) is 0 Å². The molecule has 0 saturated heterocycles. The summed E-state index contributed by atoms with van der Waals surface area (Å²) in [6.45, 7) is 9.46. The first kappa shape index (κ1) is 38.7. The summed E-state index contributed by atoms with van der Waals surface area (Å²) >= 11 is 3.84. The van der Waals surface area contributed by atoms with Crippen LogP contribution in [0.4, 0.5) is 0 Å². The largest absolute Gasteiger partial charge is 0.456 e. The third-order valence-electron chi connectivity index (χ3n) is 16.1. The summed E-state index contributed by atoms with van der Waals surface area (Å²) in [4.78, 5) is 2.47. The smallest absolute Gasteiger partial charge is 0.260 e.